The number of esters is 1. The first-order chi connectivity index (χ1) is 8.17. The van der Waals surface area contributed by atoms with Gasteiger partial charge in [-0.05, 0) is 31.3 Å². The van der Waals surface area contributed by atoms with Gasteiger partial charge in [0.25, 0.3) is 0 Å². The molecule has 0 aliphatic carbocycles. The van der Waals surface area contributed by atoms with Crippen LogP contribution in [0.25, 0.3) is 0 Å². The van der Waals surface area contributed by atoms with Crippen LogP contribution < -0.4 is 0 Å². The Bertz CT molecular complexity index is 324. The second kappa shape index (κ2) is 7.45. The monoisotopic (exact) mass is 255 g/mol. The molecule has 1 aromatic heterocycles. The van der Waals surface area contributed by atoms with Gasteiger partial charge in [0.05, 0.1) is 13.0 Å². The fourth-order valence-corrected chi connectivity index (χ4v) is 2.46. The van der Waals surface area contributed by atoms with Gasteiger partial charge in [0, 0.05) is 18.0 Å². The molecule has 0 aromatic carbocycles. The Balaban J connectivity index is 2.32. The topological polar surface area (TPSA) is 29.5 Å². The summed E-state index contributed by atoms with van der Waals surface area (Å²) in [6.45, 7) is 3.78. The van der Waals surface area contributed by atoms with Gasteiger partial charge in [-0.1, -0.05) is 13.0 Å². The van der Waals surface area contributed by atoms with Crippen LogP contribution in [0.2, 0.25) is 0 Å². The summed E-state index contributed by atoms with van der Waals surface area (Å²) in [7, 11) is 3.51. The van der Waals surface area contributed by atoms with Crippen molar-refractivity contribution in [3.8, 4) is 0 Å². The fourth-order valence-electron chi connectivity index (χ4n) is 1.76. The Hall–Kier alpha value is -0.870. The lowest BCUT2D eigenvalue weighted by molar-refractivity contribution is -0.146. The average Bonchev–Trinajstić information content (AvgIpc) is 2.85. The number of likely N-dealkylation sites (N-methyl/N-ethyl adjacent to an activating group) is 1. The van der Waals surface area contributed by atoms with Gasteiger partial charge in [-0.3, -0.25) is 4.79 Å². The molecule has 0 fully saturated rings. The van der Waals surface area contributed by atoms with Crippen LogP contribution in [-0.4, -0.2) is 38.1 Å². The third kappa shape index (κ3) is 4.88. The van der Waals surface area contributed by atoms with Gasteiger partial charge in [0.2, 0.25) is 0 Å². The molecule has 1 aromatic rings. The van der Waals surface area contributed by atoms with Crippen molar-refractivity contribution in [2.45, 2.75) is 19.8 Å². The smallest absolute Gasteiger partial charge is 0.309 e. The Morgan fingerprint density at radius 2 is 2.35 bits per heavy atom. The Kier molecular flexibility index (Phi) is 6.22. The lowest BCUT2D eigenvalue weighted by Crippen LogP contribution is -2.32. The molecule has 0 aliphatic heterocycles. The van der Waals surface area contributed by atoms with E-state index in [0.717, 1.165) is 25.9 Å². The molecule has 1 atom stereocenters. The normalized spacial score (nSPS) is 12.7. The fraction of sp³-hybridized carbons (Fsp3) is 0.615. The van der Waals surface area contributed by atoms with Gasteiger partial charge in [-0.25, -0.2) is 0 Å². The number of nitrogens with zero attached hydrogens (tertiary/aromatic N) is 1. The molecule has 0 radical (unpaired) electrons. The standard InChI is InChI=1S/C13H21NO2S/c1-4-11(13(15)16-3)10-14(2)8-7-12-6-5-9-17-12/h5-6,9,11H,4,7-8,10H2,1-3H3. The number of hydrogen-bond acceptors (Lipinski definition) is 4. The van der Waals surface area contributed by atoms with Crippen molar-refractivity contribution in [3.63, 3.8) is 0 Å². The molecular weight excluding hydrogens is 234 g/mol. The lowest BCUT2D eigenvalue weighted by Gasteiger charge is -2.21. The van der Waals surface area contributed by atoms with Crippen molar-refractivity contribution < 1.29 is 9.53 Å². The third-order valence-electron chi connectivity index (χ3n) is 2.88. The minimum atomic E-state index is -0.101. The van der Waals surface area contributed by atoms with E-state index in [1.165, 1.54) is 12.0 Å². The number of methoxy groups -OCH3 is 1. The number of carbonyl (C=O) groups is 1. The van der Waals surface area contributed by atoms with Crippen LogP contribution in [0.1, 0.15) is 18.2 Å². The van der Waals surface area contributed by atoms with Gasteiger partial charge in [-0.2, -0.15) is 0 Å². The maximum Gasteiger partial charge on any atom is 0.309 e. The number of rotatable bonds is 7. The zero-order valence-corrected chi connectivity index (χ0v) is 11.6. The summed E-state index contributed by atoms with van der Waals surface area (Å²) >= 11 is 1.78. The van der Waals surface area contributed by atoms with E-state index in [9.17, 15) is 4.79 Å². The van der Waals surface area contributed by atoms with Crippen LogP contribution in [-0.2, 0) is 16.0 Å². The molecule has 4 heteroatoms. The molecule has 1 heterocycles. The maximum absolute atomic E-state index is 11.5. The lowest BCUT2D eigenvalue weighted by atomic mass is 10.1. The largest absolute Gasteiger partial charge is 0.469 e. The van der Waals surface area contributed by atoms with E-state index in [1.54, 1.807) is 11.3 Å². The second-order valence-corrected chi connectivity index (χ2v) is 5.25. The molecule has 0 amide bonds. The number of carbonyl (C=O) groups excluding carboxylic acids is 1. The predicted octanol–water partition coefficient (Wildman–Crippen LogP) is 2.42. The van der Waals surface area contributed by atoms with Crippen LogP contribution >= 0.6 is 11.3 Å². The van der Waals surface area contributed by atoms with Crippen molar-refractivity contribution >= 4 is 17.3 Å². The maximum atomic E-state index is 11.5. The van der Waals surface area contributed by atoms with Crippen molar-refractivity contribution in [2.75, 3.05) is 27.2 Å². The molecule has 96 valence electrons. The minimum absolute atomic E-state index is 0.00617. The van der Waals surface area contributed by atoms with Crippen LogP contribution in [0.15, 0.2) is 17.5 Å². The first-order valence-corrected chi connectivity index (χ1v) is 6.84. The van der Waals surface area contributed by atoms with Crippen molar-refractivity contribution in [1.29, 1.82) is 0 Å². The summed E-state index contributed by atoms with van der Waals surface area (Å²) in [6, 6.07) is 4.22. The summed E-state index contributed by atoms with van der Waals surface area (Å²) in [5.41, 5.74) is 0. The predicted molar refractivity (Wildman–Crippen MR) is 71.3 cm³/mol. The highest BCUT2D eigenvalue weighted by atomic mass is 32.1. The minimum Gasteiger partial charge on any atom is -0.469 e. The first kappa shape index (κ1) is 14.2. The van der Waals surface area contributed by atoms with Crippen molar-refractivity contribution in [3.05, 3.63) is 22.4 Å². The Morgan fingerprint density at radius 3 is 2.88 bits per heavy atom. The van der Waals surface area contributed by atoms with E-state index in [-0.39, 0.29) is 11.9 Å². The zero-order chi connectivity index (χ0) is 12.7. The summed E-state index contributed by atoms with van der Waals surface area (Å²) in [5, 5.41) is 2.10. The van der Waals surface area contributed by atoms with Gasteiger partial charge < -0.3 is 9.64 Å². The SMILES string of the molecule is CCC(CN(C)CCc1cccs1)C(=O)OC. The Morgan fingerprint density at radius 1 is 1.59 bits per heavy atom. The van der Waals surface area contributed by atoms with Crippen LogP contribution in [0.5, 0.6) is 0 Å². The average molecular weight is 255 g/mol. The highest BCUT2D eigenvalue weighted by Crippen LogP contribution is 2.11. The molecule has 17 heavy (non-hydrogen) atoms. The third-order valence-corrected chi connectivity index (χ3v) is 3.82. The van der Waals surface area contributed by atoms with Gasteiger partial charge in [0.1, 0.15) is 0 Å². The quantitative estimate of drug-likeness (QED) is 0.701. The summed E-state index contributed by atoms with van der Waals surface area (Å²) < 4.78 is 4.79. The van der Waals surface area contributed by atoms with Crippen LogP contribution in [0.4, 0.5) is 0 Å². The number of ether oxygens (including phenoxy) is 1. The van der Waals surface area contributed by atoms with E-state index in [2.05, 4.69) is 29.5 Å². The summed E-state index contributed by atoms with van der Waals surface area (Å²) in [4.78, 5) is 15.1. The molecular formula is C13H21NO2S. The highest BCUT2D eigenvalue weighted by Gasteiger charge is 2.18. The molecule has 0 saturated heterocycles. The molecule has 0 spiro atoms. The zero-order valence-electron chi connectivity index (χ0n) is 10.8. The Labute approximate surface area is 107 Å². The molecule has 0 N–H and O–H groups in total. The molecule has 0 bridgehead atoms. The molecule has 3 nitrogen and oxygen atoms in total. The van der Waals surface area contributed by atoms with Gasteiger partial charge in [-0.15, -0.1) is 11.3 Å². The van der Waals surface area contributed by atoms with E-state index in [1.807, 2.05) is 6.92 Å². The highest BCUT2D eigenvalue weighted by molar-refractivity contribution is 7.09. The van der Waals surface area contributed by atoms with E-state index in [4.69, 9.17) is 4.74 Å². The molecule has 0 aliphatic rings. The number of thiophene rings is 1. The first-order valence-electron chi connectivity index (χ1n) is 5.96. The molecule has 1 unspecified atom stereocenters. The van der Waals surface area contributed by atoms with E-state index < -0.39 is 0 Å². The van der Waals surface area contributed by atoms with Crippen LogP contribution in [0, 0.1) is 5.92 Å². The molecule has 1 rings (SSSR count). The number of hydrogen-bond donors (Lipinski definition) is 0. The van der Waals surface area contributed by atoms with E-state index >= 15 is 0 Å². The van der Waals surface area contributed by atoms with Gasteiger partial charge in [0.15, 0.2) is 0 Å². The molecule has 0 saturated carbocycles. The summed E-state index contributed by atoms with van der Waals surface area (Å²) in [6.07, 6.45) is 1.88. The second-order valence-electron chi connectivity index (χ2n) is 4.22. The van der Waals surface area contributed by atoms with Gasteiger partial charge >= 0.3 is 5.97 Å². The van der Waals surface area contributed by atoms with Crippen molar-refractivity contribution in [1.82, 2.24) is 4.90 Å². The summed E-state index contributed by atoms with van der Waals surface area (Å²) in [5.74, 6) is -0.108. The van der Waals surface area contributed by atoms with Crippen molar-refractivity contribution in [2.24, 2.45) is 5.92 Å². The van der Waals surface area contributed by atoms with E-state index in [0.29, 0.717) is 0 Å². The van der Waals surface area contributed by atoms with Crippen LogP contribution in [0.3, 0.4) is 0 Å².